The highest BCUT2D eigenvalue weighted by atomic mass is 16.5. The highest BCUT2D eigenvalue weighted by Gasteiger charge is 2.44. The fourth-order valence-corrected chi connectivity index (χ4v) is 8.86. The van der Waals surface area contributed by atoms with Crippen LogP contribution in [0.4, 0.5) is 0 Å². The number of H-pyrrole nitrogens is 1. The number of dihydropyridines is 1. The number of ether oxygens (including phenoxy) is 1. The Kier molecular flexibility index (Phi) is 11.3. The number of fused-ring (bicyclic) bond motifs is 3. The number of aliphatic hydroxyl groups is 4. The van der Waals surface area contributed by atoms with Gasteiger partial charge in [-0.05, 0) is 118 Å². The van der Waals surface area contributed by atoms with Gasteiger partial charge in [0.05, 0.1) is 24.1 Å². The van der Waals surface area contributed by atoms with Crippen LogP contribution in [0.1, 0.15) is 82.4 Å². The summed E-state index contributed by atoms with van der Waals surface area (Å²) in [5, 5.41) is 59.1. The minimum absolute atomic E-state index is 0.0359. The number of nitrogens with one attached hydrogen (secondary N) is 2. The largest absolute Gasteiger partial charge is 0.504 e. The zero-order valence-corrected chi connectivity index (χ0v) is 28.7. The van der Waals surface area contributed by atoms with Crippen LogP contribution in [0.15, 0.2) is 60.1 Å². The van der Waals surface area contributed by atoms with Gasteiger partial charge in [0.25, 0.3) is 0 Å². The Labute approximate surface area is 290 Å². The van der Waals surface area contributed by atoms with Crippen molar-refractivity contribution in [3.63, 3.8) is 0 Å². The third-order valence-electron chi connectivity index (χ3n) is 12.0. The molecule has 9 nitrogen and oxygen atoms in total. The molecule has 2 heterocycles. The third kappa shape index (κ3) is 8.15. The molecule has 10 unspecified atom stereocenters. The zero-order chi connectivity index (χ0) is 34.5. The number of aromatic nitrogens is 1. The van der Waals surface area contributed by atoms with Crippen molar-refractivity contribution in [1.29, 1.82) is 0 Å². The number of aryl methyl sites for hydroxylation is 1. The van der Waals surface area contributed by atoms with Crippen LogP contribution >= 0.6 is 0 Å². The molecule has 49 heavy (non-hydrogen) atoms. The van der Waals surface area contributed by atoms with Gasteiger partial charge in [0, 0.05) is 42.1 Å². The Morgan fingerprint density at radius 3 is 2.69 bits per heavy atom. The fraction of sp³-hybridized carbons (Fsp3) is 0.600. The molecule has 0 amide bonds. The predicted molar refractivity (Wildman–Crippen MR) is 189 cm³/mol. The highest BCUT2D eigenvalue weighted by molar-refractivity contribution is 5.42. The van der Waals surface area contributed by atoms with Crippen LogP contribution in [0.5, 0.6) is 11.5 Å². The summed E-state index contributed by atoms with van der Waals surface area (Å²) in [4.78, 5) is 3.30. The normalized spacial score (nSPS) is 32.9. The maximum Gasteiger partial charge on any atom is 0.161 e. The molecule has 1 aliphatic heterocycles. The first-order valence-corrected chi connectivity index (χ1v) is 18.4. The number of rotatable bonds is 11. The van der Waals surface area contributed by atoms with Crippen LogP contribution in [-0.4, -0.2) is 67.6 Å². The maximum absolute atomic E-state index is 11.5. The molecule has 9 N–H and O–H groups in total. The second kappa shape index (κ2) is 15.6. The van der Waals surface area contributed by atoms with Crippen molar-refractivity contribution >= 4 is 0 Å². The Balaban J connectivity index is 1.19. The van der Waals surface area contributed by atoms with Crippen molar-refractivity contribution in [2.45, 2.75) is 114 Å². The first-order valence-electron chi connectivity index (χ1n) is 18.4. The van der Waals surface area contributed by atoms with E-state index in [2.05, 4.69) is 35.1 Å². The number of phenols is 1. The monoisotopic (exact) mass is 673 g/mol. The predicted octanol–water partition coefficient (Wildman–Crippen LogP) is 4.44. The summed E-state index contributed by atoms with van der Waals surface area (Å²) in [6.45, 7) is 2.81. The van der Waals surface area contributed by atoms with Crippen molar-refractivity contribution in [3.8, 4) is 23.3 Å². The lowest BCUT2D eigenvalue weighted by atomic mass is 9.70. The van der Waals surface area contributed by atoms with E-state index in [1.807, 2.05) is 30.5 Å². The van der Waals surface area contributed by atoms with Crippen molar-refractivity contribution < 1.29 is 30.3 Å². The van der Waals surface area contributed by atoms with E-state index in [9.17, 15) is 25.5 Å². The van der Waals surface area contributed by atoms with Crippen molar-refractivity contribution in [2.24, 2.45) is 34.8 Å². The quantitative estimate of drug-likeness (QED) is 0.162. The molecule has 10 atom stereocenters. The van der Waals surface area contributed by atoms with Gasteiger partial charge in [0.1, 0.15) is 12.2 Å². The molecule has 1 aromatic carbocycles. The average molecular weight is 674 g/mol. The number of benzene rings is 1. The second-order valence-electron chi connectivity index (χ2n) is 15.0. The summed E-state index contributed by atoms with van der Waals surface area (Å²) < 4.78 is 6.50. The van der Waals surface area contributed by atoms with Crippen LogP contribution in [0, 0.1) is 40.9 Å². The van der Waals surface area contributed by atoms with Gasteiger partial charge in [-0.3, -0.25) is 0 Å². The van der Waals surface area contributed by atoms with Crippen LogP contribution < -0.4 is 15.8 Å². The number of allylic oxidation sites excluding steroid dienone is 2. The zero-order valence-electron chi connectivity index (χ0n) is 28.7. The Morgan fingerprint density at radius 1 is 1.06 bits per heavy atom. The van der Waals surface area contributed by atoms with Gasteiger partial charge in [0.2, 0.25) is 0 Å². The Bertz CT molecular complexity index is 1530. The maximum atomic E-state index is 11.5. The minimum Gasteiger partial charge on any atom is -0.504 e. The number of hydrogen-bond acceptors (Lipinski definition) is 8. The molecule has 0 spiro atoms. The van der Waals surface area contributed by atoms with Gasteiger partial charge in [-0.15, -0.1) is 5.92 Å². The highest BCUT2D eigenvalue weighted by Crippen LogP contribution is 2.44. The molecule has 2 fully saturated rings. The molecule has 0 radical (unpaired) electrons. The number of phenolic OH excluding ortho intramolecular Hbond substituents is 1. The second-order valence-corrected chi connectivity index (χ2v) is 15.0. The molecule has 3 aliphatic carbocycles. The topological polar surface area (TPSA) is 164 Å². The summed E-state index contributed by atoms with van der Waals surface area (Å²) >= 11 is 0. The first kappa shape index (κ1) is 35.4. The lowest BCUT2D eigenvalue weighted by molar-refractivity contribution is -0.108. The molecule has 9 heteroatoms. The molecule has 2 saturated carbocycles. The molecule has 2 bridgehead atoms. The Morgan fingerprint density at radius 2 is 1.92 bits per heavy atom. The van der Waals surface area contributed by atoms with Crippen molar-refractivity contribution in [2.75, 3.05) is 6.54 Å². The van der Waals surface area contributed by atoms with E-state index in [0.29, 0.717) is 50.9 Å². The molecule has 266 valence electrons. The first-order chi connectivity index (χ1) is 23.7. The summed E-state index contributed by atoms with van der Waals surface area (Å²) in [6.07, 6.45) is 10.9. The van der Waals surface area contributed by atoms with Crippen LogP contribution in [0.25, 0.3) is 0 Å². The SMILES string of the molecule is CCC12C#CCC(C(O)CCc3ccc(O)c(OC4C(O)C(O)CCC4C(Cc4ccc[nH]4)C4=CCNC(N)=C4)c3)C(O)C(CCC1)CC2. The summed E-state index contributed by atoms with van der Waals surface area (Å²) in [6, 6.07) is 9.16. The minimum atomic E-state index is -1.16. The third-order valence-corrected chi connectivity index (χ3v) is 12.0. The van der Waals surface area contributed by atoms with Gasteiger partial charge < -0.3 is 46.3 Å². The molecular weight excluding hydrogens is 618 g/mol. The van der Waals surface area contributed by atoms with Gasteiger partial charge in [0.15, 0.2) is 11.5 Å². The average Bonchev–Trinajstić information content (AvgIpc) is 3.55. The van der Waals surface area contributed by atoms with Crippen molar-refractivity contribution in [3.05, 3.63) is 71.3 Å². The molecule has 1 aromatic heterocycles. The number of nitrogens with two attached hydrogens (primary N) is 1. The van der Waals surface area contributed by atoms with Crippen LogP contribution in [-0.2, 0) is 12.8 Å². The van der Waals surface area contributed by atoms with Crippen LogP contribution in [0.2, 0.25) is 0 Å². The van der Waals surface area contributed by atoms with Crippen molar-refractivity contribution in [1.82, 2.24) is 10.3 Å². The number of hydrogen-bond donors (Lipinski definition) is 8. The van der Waals surface area contributed by atoms with Gasteiger partial charge in [-0.25, -0.2) is 0 Å². The lowest BCUT2D eigenvalue weighted by Crippen LogP contribution is -2.52. The van der Waals surface area contributed by atoms with E-state index in [0.717, 1.165) is 55.4 Å². The van der Waals surface area contributed by atoms with Gasteiger partial charge in [-0.2, -0.15) is 0 Å². The fourth-order valence-electron chi connectivity index (χ4n) is 8.86. The van der Waals surface area contributed by atoms with Gasteiger partial charge >= 0.3 is 0 Å². The molecule has 2 aromatic rings. The van der Waals surface area contributed by atoms with E-state index in [1.165, 1.54) is 0 Å². The molecule has 4 aliphatic rings. The van der Waals surface area contributed by atoms with Crippen LogP contribution in [0.3, 0.4) is 0 Å². The summed E-state index contributed by atoms with van der Waals surface area (Å²) in [5.41, 5.74) is 9.17. The molecule has 6 rings (SSSR count). The van der Waals surface area contributed by atoms with Gasteiger partial charge in [-0.1, -0.05) is 31.4 Å². The van der Waals surface area contributed by atoms with E-state index in [4.69, 9.17) is 10.5 Å². The smallest absolute Gasteiger partial charge is 0.161 e. The Hall–Kier alpha value is -3.42. The lowest BCUT2D eigenvalue weighted by Gasteiger charge is -2.42. The molecule has 0 saturated heterocycles. The number of aromatic hydroxyl groups is 1. The van der Waals surface area contributed by atoms with E-state index < -0.39 is 30.5 Å². The van der Waals surface area contributed by atoms with E-state index >= 15 is 0 Å². The van der Waals surface area contributed by atoms with E-state index in [-0.39, 0.29) is 40.6 Å². The number of aliphatic hydroxyl groups excluding tert-OH is 4. The number of aromatic amines is 1. The molecular formula is C40H55N3O6. The summed E-state index contributed by atoms with van der Waals surface area (Å²) in [7, 11) is 0. The van der Waals surface area contributed by atoms with E-state index in [1.54, 1.807) is 12.1 Å². The summed E-state index contributed by atoms with van der Waals surface area (Å²) in [5.74, 6) is 7.29. The standard InChI is InChI=1S/C40H55N3O6/c1-2-40-17-3-6-26(15-19-40)37(47)30(8-4-18-40)32(44)12-9-25-10-13-33(45)35(22-25)49-39-29(11-14-34(46)38(39)48)31(24-28-7-5-20-42-28)27-16-21-43-36(41)23-27/h5,7,10,13,16,20,22-23,26,29-32,34,37-39,42-48H,2-3,6,8-9,11-12,14-15,17,19,21,24,41H2,1H3.